The van der Waals surface area contributed by atoms with E-state index in [4.69, 9.17) is 21.1 Å². The van der Waals surface area contributed by atoms with Crippen LogP contribution in [-0.2, 0) is 4.79 Å². The SMILES string of the molecule is CC[C@@H](C)Oc1c(Cl)cc(/C=C2/C(=O)N(c3ccccc3)N=C2C)cc1OC. The summed E-state index contributed by atoms with van der Waals surface area (Å²) in [5.41, 5.74) is 2.62. The first kappa shape index (κ1) is 20.0. The fourth-order valence-corrected chi connectivity index (χ4v) is 3.08. The lowest BCUT2D eigenvalue weighted by Gasteiger charge is -2.17. The molecule has 0 saturated carbocycles. The van der Waals surface area contributed by atoms with E-state index in [-0.39, 0.29) is 12.0 Å². The van der Waals surface area contributed by atoms with Crippen molar-refractivity contribution < 1.29 is 14.3 Å². The van der Waals surface area contributed by atoms with Crippen LogP contribution in [0.4, 0.5) is 5.69 Å². The molecule has 6 heteroatoms. The Morgan fingerprint density at radius 3 is 2.61 bits per heavy atom. The van der Waals surface area contributed by atoms with E-state index in [0.29, 0.717) is 27.8 Å². The highest BCUT2D eigenvalue weighted by atomic mass is 35.5. The van der Waals surface area contributed by atoms with Crippen LogP contribution in [0.1, 0.15) is 32.8 Å². The van der Waals surface area contributed by atoms with Crippen molar-refractivity contribution in [1.29, 1.82) is 0 Å². The second-order valence-corrected chi connectivity index (χ2v) is 6.97. The third-order valence-corrected chi connectivity index (χ3v) is 4.80. The molecule has 1 heterocycles. The van der Waals surface area contributed by atoms with Crippen molar-refractivity contribution in [1.82, 2.24) is 0 Å². The number of ether oxygens (including phenoxy) is 2. The predicted octanol–water partition coefficient (Wildman–Crippen LogP) is 5.33. The number of benzene rings is 2. The van der Waals surface area contributed by atoms with Gasteiger partial charge in [0.15, 0.2) is 11.5 Å². The molecule has 0 aliphatic carbocycles. The molecule has 0 aromatic heterocycles. The minimum absolute atomic E-state index is 0.0147. The van der Waals surface area contributed by atoms with E-state index in [0.717, 1.165) is 17.7 Å². The van der Waals surface area contributed by atoms with Crippen LogP contribution in [0, 0.1) is 0 Å². The monoisotopic (exact) mass is 398 g/mol. The molecule has 0 bridgehead atoms. The first-order chi connectivity index (χ1) is 13.4. The van der Waals surface area contributed by atoms with Gasteiger partial charge in [-0.1, -0.05) is 36.7 Å². The van der Waals surface area contributed by atoms with Gasteiger partial charge in [-0.2, -0.15) is 10.1 Å². The van der Waals surface area contributed by atoms with E-state index in [2.05, 4.69) is 5.10 Å². The quantitative estimate of drug-likeness (QED) is 0.618. The fourth-order valence-electron chi connectivity index (χ4n) is 2.82. The number of hydrazone groups is 1. The molecule has 0 spiro atoms. The average molecular weight is 399 g/mol. The van der Waals surface area contributed by atoms with E-state index < -0.39 is 0 Å². The summed E-state index contributed by atoms with van der Waals surface area (Å²) in [5.74, 6) is 0.855. The summed E-state index contributed by atoms with van der Waals surface area (Å²) in [4.78, 5) is 12.9. The van der Waals surface area contributed by atoms with Crippen LogP contribution in [0.5, 0.6) is 11.5 Å². The van der Waals surface area contributed by atoms with Crippen molar-refractivity contribution in [2.45, 2.75) is 33.3 Å². The van der Waals surface area contributed by atoms with Crippen molar-refractivity contribution in [2.24, 2.45) is 5.10 Å². The summed E-state index contributed by atoms with van der Waals surface area (Å²) in [7, 11) is 1.57. The minimum atomic E-state index is -0.182. The van der Waals surface area contributed by atoms with E-state index in [1.54, 1.807) is 19.3 Å². The number of rotatable bonds is 6. The number of hydrogen-bond acceptors (Lipinski definition) is 4. The van der Waals surface area contributed by atoms with Gasteiger partial charge in [0.05, 0.1) is 35.2 Å². The molecular weight excluding hydrogens is 376 g/mol. The van der Waals surface area contributed by atoms with Crippen LogP contribution < -0.4 is 14.5 Å². The number of carbonyl (C=O) groups is 1. The maximum Gasteiger partial charge on any atom is 0.280 e. The highest BCUT2D eigenvalue weighted by Crippen LogP contribution is 2.38. The Morgan fingerprint density at radius 2 is 1.96 bits per heavy atom. The second kappa shape index (κ2) is 8.48. The third-order valence-electron chi connectivity index (χ3n) is 4.52. The highest BCUT2D eigenvalue weighted by Gasteiger charge is 2.28. The summed E-state index contributed by atoms with van der Waals surface area (Å²) in [5, 5.41) is 6.23. The largest absolute Gasteiger partial charge is 0.493 e. The number of anilines is 1. The van der Waals surface area contributed by atoms with Crippen LogP contribution in [0.3, 0.4) is 0 Å². The molecule has 2 aromatic carbocycles. The van der Waals surface area contributed by atoms with E-state index >= 15 is 0 Å². The number of carbonyl (C=O) groups excluding carboxylic acids is 1. The number of para-hydroxylation sites is 1. The van der Waals surface area contributed by atoms with Crippen molar-refractivity contribution >= 4 is 35.0 Å². The first-order valence-corrected chi connectivity index (χ1v) is 9.53. The number of hydrogen-bond donors (Lipinski definition) is 0. The summed E-state index contributed by atoms with van der Waals surface area (Å²) in [6, 6.07) is 12.9. The van der Waals surface area contributed by atoms with Gasteiger partial charge in [-0.25, -0.2) is 0 Å². The Hall–Kier alpha value is -2.79. The molecule has 28 heavy (non-hydrogen) atoms. The molecule has 0 saturated heterocycles. The van der Waals surface area contributed by atoms with Gasteiger partial charge in [-0.05, 0) is 56.2 Å². The molecule has 1 atom stereocenters. The van der Waals surface area contributed by atoms with E-state index in [9.17, 15) is 4.79 Å². The molecule has 5 nitrogen and oxygen atoms in total. The number of halogens is 1. The molecule has 0 N–H and O–H groups in total. The van der Waals surface area contributed by atoms with Gasteiger partial charge in [0, 0.05) is 0 Å². The molecule has 0 fully saturated rings. The highest BCUT2D eigenvalue weighted by molar-refractivity contribution is 6.33. The van der Waals surface area contributed by atoms with Crippen molar-refractivity contribution in [3.63, 3.8) is 0 Å². The molecule has 1 aliphatic heterocycles. The van der Waals surface area contributed by atoms with Gasteiger partial charge < -0.3 is 9.47 Å². The average Bonchev–Trinajstić information content (AvgIpc) is 2.98. The molecule has 3 rings (SSSR count). The van der Waals surface area contributed by atoms with Crippen LogP contribution in [-0.4, -0.2) is 24.8 Å². The molecule has 1 amide bonds. The van der Waals surface area contributed by atoms with Gasteiger partial charge in [0.2, 0.25) is 0 Å². The lowest BCUT2D eigenvalue weighted by atomic mass is 10.1. The molecule has 1 aliphatic rings. The zero-order valence-corrected chi connectivity index (χ0v) is 17.2. The summed E-state index contributed by atoms with van der Waals surface area (Å²) in [6.45, 7) is 5.82. The van der Waals surface area contributed by atoms with Gasteiger partial charge in [0.25, 0.3) is 5.91 Å². The lowest BCUT2D eigenvalue weighted by molar-refractivity contribution is -0.114. The van der Waals surface area contributed by atoms with Crippen LogP contribution in [0.2, 0.25) is 5.02 Å². The third kappa shape index (κ3) is 4.04. The predicted molar refractivity (Wildman–Crippen MR) is 113 cm³/mol. The van der Waals surface area contributed by atoms with Crippen LogP contribution >= 0.6 is 11.6 Å². The zero-order chi connectivity index (χ0) is 20.3. The fraction of sp³-hybridized carbons (Fsp3) is 0.273. The number of methoxy groups -OCH3 is 1. The molecule has 146 valence electrons. The van der Waals surface area contributed by atoms with Crippen molar-refractivity contribution in [2.75, 3.05) is 12.1 Å². The summed E-state index contributed by atoms with van der Waals surface area (Å²) in [6.07, 6.45) is 2.64. The Kier molecular flexibility index (Phi) is 6.05. The molecule has 0 radical (unpaired) electrons. The second-order valence-electron chi connectivity index (χ2n) is 6.57. The number of nitrogens with zero attached hydrogens (tertiary/aromatic N) is 2. The van der Waals surface area contributed by atoms with Crippen molar-refractivity contribution in [3.05, 3.63) is 58.6 Å². The Morgan fingerprint density at radius 1 is 1.25 bits per heavy atom. The zero-order valence-electron chi connectivity index (χ0n) is 16.4. The van der Waals surface area contributed by atoms with Gasteiger partial charge in [-0.3, -0.25) is 4.79 Å². The summed E-state index contributed by atoms with van der Waals surface area (Å²) >= 11 is 6.44. The summed E-state index contributed by atoms with van der Waals surface area (Å²) < 4.78 is 11.3. The Labute approximate surface area is 170 Å². The van der Waals surface area contributed by atoms with Crippen molar-refractivity contribution in [3.8, 4) is 11.5 Å². The standard InChI is InChI=1S/C22H23ClN2O3/c1-5-14(2)28-21-19(23)12-16(13-20(21)27-4)11-18-15(3)24-25(22(18)26)17-9-7-6-8-10-17/h6-14H,5H2,1-4H3/b18-11+/t14-/m1/s1. The maximum atomic E-state index is 12.9. The van der Waals surface area contributed by atoms with Gasteiger partial charge >= 0.3 is 0 Å². The topological polar surface area (TPSA) is 51.1 Å². The molecular formula is C22H23ClN2O3. The lowest BCUT2D eigenvalue weighted by Crippen LogP contribution is -2.21. The minimum Gasteiger partial charge on any atom is -0.493 e. The van der Waals surface area contributed by atoms with Gasteiger partial charge in [0.1, 0.15) is 0 Å². The first-order valence-electron chi connectivity index (χ1n) is 9.15. The molecule has 0 unspecified atom stereocenters. The number of amides is 1. The normalized spacial score (nSPS) is 16.3. The smallest absolute Gasteiger partial charge is 0.280 e. The Bertz CT molecular complexity index is 938. The van der Waals surface area contributed by atoms with Crippen LogP contribution in [0.15, 0.2) is 53.1 Å². The van der Waals surface area contributed by atoms with E-state index in [1.807, 2.05) is 57.2 Å². The van der Waals surface area contributed by atoms with E-state index in [1.165, 1.54) is 5.01 Å². The van der Waals surface area contributed by atoms with Crippen LogP contribution in [0.25, 0.3) is 6.08 Å². The van der Waals surface area contributed by atoms with Gasteiger partial charge in [-0.15, -0.1) is 0 Å². The Balaban J connectivity index is 1.94. The molecule has 2 aromatic rings. The maximum absolute atomic E-state index is 12.9.